The van der Waals surface area contributed by atoms with Crippen LogP contribution in [0.3, 0.4) is 0 Å². The number of hydrogen-bond acceptors (Lipinski definition) is 5. The second-order valence-electron chi connectivity index (χ2n) is 5.72. The van der Waals surface area contributed by atoms with E-state index < -0.39 is 24.4 Å². The highest BCUT2D eigenvalue weighted by molar-refractivity contribution is 6.16. The lowest BCUT2D eigenvalue weighted by molar-refractivity contribution is -0.127. The molecule has 0 radical (unpaired) electrons. The number of rotatable bonds is 5. The normalized spacial score (nSPS) is 15.0. The summed E-state index contributed by atoms with van der Waals surface area (Å²) in [7, 11) is 1.51. The summed E-state index contributed by atoms with van der Waals surface area (Å²) in [4.78, 5) is 37.5. The van der Waals surface area contributed by atoms with Crippen molar-refractivity contribution in [2.45, 2.75) is 0 Å². The largest absolute Gasteiger partial charge is 0.508 e. The molecule has 8 nitrogen and oxygen atoms in total. The highest BCUT2D eigenvalue weighted by Gasteiger charge is 2.35. The predicted octanol–water partition coefficient (Wildman–Crippen LogP) is 1.93. The van der Waals surface area contributed by atoms with Gasteiger partial charge >= 0.3 is 6.03 Å². The van der Waals surface area contributed by atoms with Crippen molar-refractivity contribution in [1.82, 2.24) is 10.2 Å². The van der Waals surface area contributed by atoms with E-state index in [1.54, 1.807) is 24.3 Å². The number of nitrogens with zero attached hydrogens (tertiary/aromatic N) is 1. The van der Waals surface area contributed by atoms with Crippen molar-refractivity contribution in [3.8, 4) is 11.5 Å². The quantitative estimate of drug-likeness (QED) is 0.425. The van der Waals surface area contributed by atoms with E-state index in [0.29, 0.717) is 17.0 Å². The molecule has 2 aromatic rings. The molecule has 2 aromatic carbocycles. The van der Waals surface area contributed by atoms with Crippen molar-refractivity contribution >= 4 is 29.6 Å². The van der Waals surface area contributed by atoms with E-state index in [1.165, 1.54) is 37.5 Å². The minimum atomic E-state index is -0.679. The highest BCUT2D eigenvalue weighted by atomic mass is 16.5. The second kappa shape index (κ2) is 7.61. The molecule has 0 saturated carbocycles. The van der Waals surface area contributed by atoms with Crippen LogP contribution in [0.5, 0.6) is 11.5 Å². The van der Waals surface area contributed by atoms with E-state index in [9.17, 15) is 19.5 Å². The van der Waals surface area contributed by atoms with Gasteiger partial charge in [0.15, 0.2) is 0 Å². The van der Waals surface area contributed by atoms with Crippen LogP contribution in [-0.2, 0) is 9.59 Å². The fraction of sp³-hybridized carbons (Fsp3) is 0.105. The van der Waals surface area contributed by atoms with Gasteiger partial charge < -0.3 is 20.5 Å². The molecule has 0 unspecified atom stereocenters. The third-order valence-corrected chi connectivity index (χ3v) is 3.85. The summed E-state index contributed by atoms with van der Waals surface area (Å²) < 4.78 is 5.22. The third-order valence-electron chi connectivity index (χ3n) is 3.85. The number of nitrogens with one attached hydrogen (secondary N) is 2. The Morgan fingerprint density at radius 3 is 2.59 bits per heavy atom. The Morgan fingerprint density at radius 2 is 1.89 bits per heavy atom. The van der Waals surface area contributed by atoms with Crippen molar-refractivity contribution in [2.24, 2.45) is 0 Å². The summed E-state index contributed by atoms with van der Waals surface area (Å²) in [6, 6.07) is 12.2. The van der Waals surface area contributed by atoms with Crippen molar-refractivity contribution in [3.05, 3.63) is 59.8 Å². The fourth-order valence-corrected chi connectivity index (χ4v) is 2.55. The van der Waals surface area contributed by atoms with Gasteiger partial charge in [-0.15, -0.1) is 0 Å². The van der Waals surface area contributed by atoms with Crippen LogP contribution in [0.1, 0.15) is 5.56 Å². The Hall–Kier alpha value is -3.81. The SMILES string of the molecule is COc1ccccc1/C=C1\NC(=O)N(CC(=O)Nc2ccc(O)cc2)C1=O. The molecular formula is C19H17N3O5. The van der Waals surface area contributed by atoms with Crippen LogP contribution in [0, 0.1) is 0 Å². The molecule has 27 heavy (non-hydrogen) atoms. The summed E-state index contributed by atoms with van der Waals surface area (Å²) in [5, 5.41) is 14.3. The molecule has 1 aliphatic heterocycles. The van der Waals surface area contributed by atoms with Gasteiger partial charge in [0, 0.05) is 11.3 Å². The van der Waals surface area contributed by atoms with Gasteiger partial charge in [-0.1, -0.05) is 18.2 Å². The van der Waals surface area contributed by atoms with Gasteiger partial charge in [-0.25, -0.2) is 9.69 Å². The number of aromatic hydroxyl groups is 1. The maximum absolute atomic E-state index is 12.5. The molecule has 0 atom stereocenters. The first kappa shape index (κ1) is 18.0. The van der Waals surface area contributed by atoms with Gasteiger partial charge in [0.1, 0.15) is 23.7 Å². The summed E-state index contributed by atoms with van der Waals surface area (Å²) >= 11 is 0. The highest BCUT2D eigenvalue weighted by Crippen LogP contribution is 2.22. The molecular weight excluding hydrogens is 350 g/mol. The van der Waals surface area contributed by atoms with Crippen LogP contribution in [0.25, 0.3) is 6.08 Å². The van der Waals surface area contributed by atoms with E-state index in [0.717, 1.165) is 4.90 Å². The van der Waals surface area contributed by atoms with Crippen LogP contribution in [0.2, 0.25) is 0 Å². The van der Waals surface area contributed by atoms with E-state index in [2.05, 4.69) is 10.6 Å². The van der Waals surface area contributed by atoms with Gasteiger partial charge in [-0.05, 0) is 36.4 Å². The zero-order valence-corrected chi connectivity index (χ0v) is 14.4. The predicted molar refractivity (Wildman–Crippen MR) is 98.0 cm³/mol. The van der Waals surface area contributed by atoms with Crippen LogP contribution in [0.4, 0.5) is 10.5 Å². The minimum Gasteiger partial charge on any atom is -0.508 e. The lowest BCUT2D eigenvalue weighted by Crippen LogP contribution is -2.38. The van der Waals surface area contributed by atoms with Crippen LogP contribution in [-0.4, -0.2) is 41.5 Å². The molecule has 1 saturated heterocycles. The Morgan fingerprint density at radius 1 is 1.19 bits per heavy atom. The standard InChI is InChI=1S/C19H17N3O5/c1-27-16-5-3-2-4-12(16)10-15-18(25)22(19(26)21-15)11-17(24)20-13-6-8-14(23)9-7-13/h2-10,23H,11H2,1H3,(H,20,24)(H,21,26)/b15-10-. The number of para-hydroxylation sites is 1. The number of phenols is 1. The molecule has 3 N–H and O–H groups in total. The Labute approximate surface area is 155 Å². The van der Waals surface area contributed by atoms with E-state index >= 15 is 0 Å². The number of hydrogen-bond donors (Lipinski definition) is 3. The van der Waals surface area contributed by atoms with Gasteiger partial charge in [0.05, 0.1) is 7.11 Å². The number of anilines is 1. The number of amides is 4. The molecule has 1 fully saturated rings. The van der Waals surface area contributed by atoms with Crippen LogP contribution in [0.15, 0.2) is 54.2 Å². The number of methoxy groups -OCH3 is 1. The number of urea groups is 1. The summed E-state index contributed by atoms with van der Waals surface area (Å²) in [5.74, 6) is -0.529. The van der Waals surface area contributed by atoms with Crippen LogP contribution >= 0.6 is 0 Å². The molecule has 138 valence electrons. The maximum Gasteiger partial charge on any atom is 0.329 e. The smallest absolute Gasteiger partial charge is 0.329 e. The summed E-state index contributed by atoms with van der Waals surface area (Å²) in [6.45, 7) is -0.436. The average molecular weight is 367 g/mol. The Balaban J connectivity index is 1.71. The molecule has 3 rings (SSSR count). The topological polar surface area (TPSA) is 108 Å². The maximum atomic E-state index is 12.5. The molecule has 0 aliphatic carbocycles. The molecule has 0 spiro atoms. The van der Waals surface area contributed by atoms with E-state index in [1.807, 2.05) is 0 Å². The minimum absolute atomic E-state index is 0.0573. The van der Waals surface area contributed by atoms with Crippen molar-refractivity contribution in [1.29, 1.82) is 0 Å². The third kappa shape index (κ3) is 4.06. The molecule has 8 heteroatoms. The monoisotopic (exact) mass is 367 g/mol. The van der Waals surface area contributed by atoms with E-state index in [4.69, 9.17) is 4.74 Å². The van der Waals surface area contributed by atoms with Gasteiger partial charge in [0.2, 0.25) is 5.91 Å². The molecule has 0 bridgehead atoms. The Kier molecular flexibility index (Phi) is 5.07. The number of carbonyl (C=O) groups excluding carboxylic acids is 3. The number of imide groups is 1. The first-order valence-electron chi connectivity index (χ1n) is 8.04. The first-order valence-corrected chi connectivity index (χ1v) is 8.04. The lowest BCUT2D eigenvalue weighted by Gasteiger charge is -2.12. The van der Waals surface area contributed by atoms with E-state index in [-0.39, 0.29) is 11.4 Å². The summed E-state index contributed by atoms with van der Waals surface area (Å²) in [5.41, 5.74) is 1.12. The van der Waals surface area contributed by atoms with Crippen molar-refractivity contribution < 1.29 is 24.2 Å². The molecule has 0 aromatic heterocycles. The first-order chi connectivity index (χ1) is 13.0. The average Bonchev–Trinajstić information content (AvgIpc) is 2.91. The number of benzene rings is 2. The molecule has 1 aliphatic rings. The number of phenolic OH excluding ortho intramolecular Hbond substituents is 1. The van der Waals surface area contributed by atoms with Gasteiger partial charge in [-0.3, -0.25) is 9.59 Å². The zero-order valence-electron chi connectivity index (χ0n) is 14.4. The zero-order chi connectivity index (χ0) is 19.4. The van der Waals surface area contributed by atoms with Crippen molar-refractivity contribution in [2.75, 3.05) is 19.0 Å². The Bertz CT molecular complexity index is 921. The van der Waals surface area contributed by atoms with Gasteiger partial charge in [-0.2, -0.15) is 0 Å². The van der Waals surface area contributed by atoms with Crippen LogP contribution < -0.4 is 15.4 Å². The fourth-order valence-electron chi connectivity index (χ4n) is 2.55. The molecule has 1 heterocycles. The summed E-state index contributed by atoms with van der Waals surface area (Å²) in [6.07, 6.45) is 1.50. The number of carbonyl (C=O) groups is 3. The second-order valence-corrected chi connectivity index (χ2v) is 5.72. The number of ether oxygens (including phenoxy) is 1. The van der Waals surface area contributed by atoms with Gasteiger partial charge in [0.25, 0.3) is 5.91 Å². The van der Waals surface area contributed by atoms with Crippen molar-refractivity contribution in [3.63, 3.8) is 0 Å². The lowest BCUT2D eigenvalue weighted by atomic mass is 10.1. The molecule has 4 amide bonds.